The van der Waals surface area contributed by atoms with Crippen LogP contribution in [0.4, 0.5) is 0 Å². The van der Waals surface area contributed by atoms with Crippen molar-refractivity contribution in [3.8, 4) is 0 Å². The van der Waals surface area contributed by atoms with Gasteiger partial charge in [-0.1, -0.05) is 12.1 Å². The van der Waals surface area contributed by atoms with Gasteiger partial charge in [-0.3, -0.25) is 0 Å². The van der Waals surface area contributed by atoms with Crippen LogP contribution in [0.5, 0.6) is 0 Å². The Bertz CT molecular complexity index is 428. The summed E-state index contributed by atoms with van der Waals surface area (Å²) in [6.45, 7) is 0. The van der Waals surface area contributed by atoms with Crippen LogP contribution >= 0.6 is 31.9 Å². The van der Waals surface area contributed by atoms with Crippen molar-refractivity contribution in [1.29, 1.82) is 0 Å². The summed E-state index contributed by atoms with van der Waals surface area (Å²) in [6, 6.07) is 7.86. The zero-order chi connectivity index (χ0) is 8.55. The van der Waals surface area contributed by atoms with E-state index in [0.717, 1.165) is 20.0 Å². The van der Waals surface area contributed by atoms with E-state index in [0.29, 0.717) is 0 Å². The van der Waals surface area contributed by atoms with Gasteiger partial charge in [0.15, 0.2) is 0 Å². The van der Waals surface area contributed by atoms with E-state index in [9.17, 15) is 0 Å². The SMILES string of the molecule is Brc1cc2cccc(Br)c2nn1. The van der Waals surface area contributed by atoms with E-state index >= 15 is 0 Å². The van der Waals surface area contributed by atoms with E-state index in [1.807, 2.05) is 24.3 Å². The van der Waals surface area contributed by atoms with E-state index in [1.54, 1.807) is 0 Å². The van der Waals surface area contributed by atoms with Crippen LogP contribution in [0.15, 0.2) is 33.3 Å². The van der Waals surface area contributed by atoms with Crippen LogP contribution in [0.25, 0.3) is 10.9 Å². The van der Waals surface area contributed by atoms with E-state index in [1.165, 1.54) is 0 Å². The van der Waals surface area contributed by atoms with Gasteiger partial charge in [-0.2, -0.15) is 0 Å². The van der Waals surface area contributed by atoms with Gasteiger partial charge in [0.2, 0.25) is 0 Å². The van der Waals surface area contributed by atoms with Crippen LogP contribution in [0.2, 0.25) is 0 Å². The molecule has 1 heterocycles. The second kappa shape index (κ2) is 3.11. The quantitative estimate of drug-likeness (QED) is 0.744. The van der Waals surface area contributed by atoms with Gasteiger partial charge in [-0.25, -0.2) is 0 Å². The number of hydrogen-bond donors (Lipinski definition) is 0. The summed E-state index contributed by atoms with van der Waals surface area (Å²) in [5, 5.41) is 9.02. The Labute approximate surface area is 86.3 Å². The van der Waals surface area contributed by atoms with Crippen molar-refractivity contribution in [2.45, 2.75) is 0 Å². The summed E-state index contributed by atoms with van der Waals surface area (Å²) in [4.78, 5) is 0. The van der Waals surface area contributed by atoms with Crippen LogP contribution in [-0.2, 0) is 0 Å². The molecular weight excluding hydrogens is 284 g/mol. The van der Waals surface area contributed by atoms with E-state index in [4.69, 9.17) is 0 Å². The maximum Gasteiger partial charge on any atom is 0.129 e. The van der Waals surface area contributed by atoms with Gasteiger partial charge in [0.05, 0.1) is 0 Å². The highest BCUT2D eigenvalue weighted by molar-refractivity contribution is 9.10. The molecule has 0 aliphatic rings. The fourth-order valence-electron chi connectivity index (χ4n) is 1.01. The molecule has 0 saturated heterocycles. The molecular formula is C8H4Br2N2. The first-order valence-electron chi connectivity index (χ1n) is 3.35. The monoisotopic (exact) mass is 286 g/mol. The van der Waals surface area contributed by atoms with Gasteiger partial charge in [-0.15, -0.1) is 10.2 Å². The van der Waals surface area contributed by atoms with Crippen molar-refractivity contribution in [2.24, 2.45) is 0 Å². The van der Waals surface area contributed by atoms with Crippen molar-refractivity contribution in [2.75, 3.05) is 0 Å². The topological polar surface area (TPSA) is 25.8 Å². The lowest BCUT2D eigenvalue weighted by atomic mass is 10.2. The Morgan fingerprint density at radius 1 is 1.08 bits per heavy atom. The second-order valence-corrected chi connectivity index (χ2v) is 4.01. The average Bonchev–Trinajstić information content (AvgIpc) is 2.04. The Morgan fingerprint density at radius 3 is 2.75 bits per heavy atom. The number of hydrogen-bond acceptors (Lipinski definition) is 2. The Balaban J connectivity index is 2.86. The summed E-state index contributed by atoms with van der Waals surface area (Å²) in [7, 11) is 0. The maximum atomic E-state index is 4.04. The molecule has 0 fully saturated rings. The molecule has 0 spiro atoms. The lowest BCUT2D eigenvalue weighted by Crippen LogP contribution is -1.84. The average molecular weight is 288 g/mol. The summed E-state index contributed by atoms with van der Waals surface area (Å²) < 4.78 is 1.73. The van der Waals surface area contributed by atoms with E-state index < -0.39 is 0 Å². The predicted octanol–water partition coefficient (Wildman–Crippen LogP) is 3.15. The van der Waals surface area contributed by atoms with Gasteiger partial charge >= 0.3 is 0 Å². The molecule has 0 atom stereocenters. The third kappa shape index (κ3) is 1.36. The molecule has 4 heteroatoms. The van der Waals surface area contributed by atoms with Gasteiger partial charge < -0.3 is 0 Å². The molecule has 0 radical (unpaired) electrons. The molecule has 0 bridgehead atoms. The van der Waals surface area contributed by atoms with Crippen molar-refractivity contribution < 1.29 is 0 Å². The number of benzene rings is 1. The van der Waals surface area contributed by atoms with E-state index in [-0.39, 0.29) is 0 Å². The lowest BCUT2D eigenvalue weighted by molar-refractivity contribution is 1.05. The van der Waals surface area contributed by atoms with Gasteiger partial charge in [0.1, 0.15) is 10.1 Å². The minimum atomic E-state index is 0.758. The highest BCUT2D eigenvalue weighted by atomic mass is 79.9. The summed E-state index contributed by atoms with van der Waals surface area (Å²) >= 11 is 6.67. The number of halogens is 2. The second-order valence-electron chi connectivity index (χ2n) is 2.34. The highest BCUT2D eigenvalue weighted by Gasteiger charge is 1.99. The first-order chi connectivity index (χ1) is 5.77. The van der Waals surface area contributed by atoms with Crippen molar-refractivity contribution in [1.82, 2.24) is 10.2 Å². The number of fused-ring (bicyclic) bond motifs is 1. The van der Waals surface area contributed by atoms with Crippen LogP contribution in [0, 0.1) is 0 Å². The molecule has 2 aromatic rings. The molecule has 2 nitrogen and oxygen atoms in total. The fourth-order valence-corrected chi connectivity index (χ4v) is 1.80. The van der Waals surface area contributed by atoms with Gasteiger partial charge in [0, 0.05) is 9.86 Å². The normalized spacial score (nSPS) is 10.5. The molecule has 0 aliphatic heterocycles. The number of aromatic nitrogens is 2. The molecule has 0 aliphatic carbocycles. The van der Waals surface area contributed by atoms with Gasteiger partial charge in [-0.05, 0) is 44.0 Å². The maximum absolute atomic E-state index is 4.04. The lowest BCUT2D eigenvalue weighted by Gasteiger charge is -1.97. The molecule has 0 unspecified atom stereocenters. The van der Waals surface area contributed by atoms with Crippen LogP contribution < -0.4 is 0 Å². The molecule has 0 N–H and O–H groups in total. The standard InChI is InChI=1S/C8H4Br2N2/c9-6-3-1-2-5-4-7(10)11-12-8(5)6/h1-4H. The van der Waals surface area contributed by atoms with Crippen LogP contribution in [-0.4, -0.2) is 10.2 Å². The third-order valence-electron chi connectivity index (χ3n) is 1.54. The summed E-state index contributed by atoms with van der Waals surface area (Å²) in [5.74, 6) is 0. The number of rotatable bonds is 0. The van der Waals surface area contributed by atoms with Crippen molar-refractivity contribution in [3.05, 3.63) is 33.3 Å². The summed E-state index contributed by atoms with van der Waals surface area (Å²) in [5.41, 5.74) is 0.890. The zero-order valence-electron chi connectivity index (χ0n) is 5.96. The third-order valence-corrected chi connectivity index (χ3v) is 2.57. The Kier molecular flexibility index (Phi) is 2.11. The molecule has 1 aromatic heterocycles. The molecule has 60 valence electrons. The largest absolute Gasteiger partial charge is 0.148 e. The minimum absolute atomic E-state index is 0.758. The predicted molar refractivity (Wildman–Crippen MR) is 54.9 cm³/mol. The first-order valence-corrected chi connectivity index (χ1v) is 4.93. The smallest absolute Gasteiger partial charge is 0.129 e. The Morgan fingerprint density at radius 2 is 1.92 bits per heavy atom. The molecule has 2 rings (SSSR count). The van der Waals surface area contributed by atoms with E-state index in [2.05, 4.69) is 42.1 Å². The fraction of sp³-hybridized carbons (Fsp3) is 0. The summed E-state index contributed by atoms with van der Waals surface area (Å²) in [6.07, 6.45) is 0. The zero-order valence-corrected chi connectivity index (χ0v) is 9.13. The van der Waals surface area contributed by atoms with Crippen molar-refractivity contribution in [3.63, 3.8) is 0 Å². The molecule has 0 saturated carbocycles. The van der Waals surface area contributed by atoms with Crippen LogP contribution in [0.3, 0.4) is 0 Å². The first kappa shape index (κ1) is 8.13. The molecule has 12 heavy (non-hydrogen) atoms. The highest BCUT2D eigenvalue weighted by Crippen LogP contribution is 2.22. The minimum Gasteiger partial charge on any atom is -0.148 e. The molecule has 1 aromatic carbocycles. The Hall–Kier alpha value is -0.480. The van der Waals surface area contributed by atoms with Gasteiger partial charge in [0.25, 0.3) is 0 Å². The number of nitrogens with zero attached hydrogens (tertiary/aromatic N) is 2. The van der Waals surface area contributed by atoms with Crippen molar-refractivity contribution >= 4 is 42.8 Å². The molecule has 0 amide bonds. The van der Waals surface area contributed by atoms with Crippen LogP contribution in [0.1, 0.15) is 0 Å².